The molecule has 2 aromatic rings. The van der Waals surface area contributed by atoms with E-state index < -0.39 is 12.2 Å². The fourth-order valence-corrected chi connectivity index (χ4v) is 8.04. The standard InChI is InChI=1S/C40H66N2O4/c1-5-29-45-37-21-17-33(18-22-37)39(43)35(31-41(3)25-11-7-8-12-26-41)15-16-36(32-42(4)27-13-9-10-14-28-42)40(44)34-19-23-38(24-20-34)46-30-6-2/h17-24,35-36,39-40,43-44H,5-16,25-32H2,1-4H3/q+2/t35-,36-,39+,40+/m1/s1. The summed E-state index contributed by atoms with van der Waals surface area (Å²) in [6, 6.07) is 16.3. The lowest BCUT2D eigenvalue weighted by molar-refractivity contribution is -0.913. The summed E-state index contributed by atoms with van der Waals surface area (Å²) in [5.74, 6) is 1.95. The van der Waals surface area contributed by atoms with E-state index in [1.807, 2.05) is 24.3 Å². The van der Waals surface area contributed by atoms with Gasteiger partial charge in [-0.15, -0.1) is 0 Å². The minimum Gasteiger partial charge on any atom is -0.494 e. The summed E-state index contributed by atoms with van der Waals surface area (Å²) in [6.07, 6.45) is 12.9. The van der Waals surface area contributed by atoms with Gasteiger partial charge in [0.25, 0.3) is 0 Å². The van der Waals surface area contributed by atoms with E-state index in [4.69, 9.17) is 9.47 Å². The van der Waals surface area contributed by atoms with Crippen molar-refractivity contribution in [2.45, 2.75) is 103 Å². The van der Waals surface area contributed by atoms with Crippen molar-refractivity contribution in [3.63, 3.8) is 0 Å². The number of likely N-dealkylation sites (tertiary alicyclic amines) is 2. The molecule has 258 valence electrons. The maximum atomic E-state index is 12.0. The Bertz CT molecular complexity index is 1020. The Labute approximate surface area is 280 Å². The number of ether oxygens (including phenoxy) is 2. The Morgan fingerprint density at radius 3 is 1.17 bits per heavy atom. The number of hydrogen-bond donors (Lipinski definition) is 2. The number of nitrogens with zero attached hydrogens (tertiary/aromatic N) is 2. The van der Waals surface area contributed by atoms with Crippen molar-refractivity contribution in [1.82, 2.24) is 0 Å². The van der Waals surface area contributed by atoms with E-state index in [9.17, 15) is 10.2 Å². The second-order valence-electron chi connectivity index (χ2n) is 15.1. The maximum absolute atomic E-state index is 12.0. The van der Waals surface area contributed by atoms with Crippen LogP contribution in [-0.4, -0.2) is 85.8 Å². The van der Waals surface area contributed by atoms with Gasteiger partial charge in [-0.3, -0.25) is 0 Å². The number of rotatable bonds is 17. The fourth-order valence-electron chi connectivity index (χ4n) is 8.04. The summed E-state index contributed by atoms with van der Waals surface area (Å²) in [7, 11) is 4.81. The molecule has 6 heteroatoms. The number of quaternary nitrogens is 2. The van der Waals surface area contributed by atoms with Crippen LogP contribution in [0.1, 0.15) is 114 Å². The fraction of sp³-hybridized carbons (Fsp3) is 0.700. The van der Waals surface area contributed by atoms with Crippen LogP contribution in [0.4, 0.5) is 0 Å². The Kier molecular flexibility index (Phi) is 14.7. The first kappa shape index (κ1) is 36.7. The Balaban J connectivity index is 1.57. The van der Waals surface area contributed by atoms with E-state index in [2.05, 4.69) is 52.2 Å². The number of benzene rings is 2. The highest BCUT2D eigenvalue weighted by molar-refractivity contribution is 5.30. The molecule has 0 bridgehead atoms. The topological polar surface area (TPSA) is 58.9 Å². The van der Waals surface area contributed by atoms with E-state index in [1.165, 1.54) is 77.5 Å². The molecule has 0 aromatic heterocycles. The molecule has 2 heterocycles. The molecule has 2 saturated heterocycles. The van der Waals surface area contributed by atoms with Gasteiger partial charge < -0.3 is 28.7 Å². The van der Waals surface area contributed by atoms with E-state index in [0.29, 0.717) is 13.2 Å². The summed E-state index contributed by atoms with van der Waals surface area (Å²) in [6.45, 7) is 12.3. The van der Waals surface area contributed by atoms with Crippen LogP contribution in [0.3, 0.4) is 0 Å². The van der Waals surface area contributed by atoms with Crippen LogP contribution in [0.25, 0.3) is 0 Å². The molecule has 4 rings (SSSR count). The molecular weight excluding hydrogens is 572 g/mol. The molecule has 0 radical (unpaired) electrons. The van der Waals surface area contributed by atoms with Crippen molar-refractivity contribution >= 4 is 0 Å². The molecule has 46 heavy (non-hydrogen) atoms. The zero-order chi connectivity index (χ0) is 32.8. The highest BCUT2D eigenvalue weighted by atomic mass is 16.5. The molecule has 0 amide bonds. The van der Waals surface area contributed by atoms with Crippen LogP contribution in [0.15, 0.2) is 48.5 Å². The number of aliphatic hydroxyl groups is 2. The normalized spacial score (nSPS) is 20.9. The highest BCUT2D eigenvalue weighted by Gasteiger charge is 2.36. The van der Waals surface area contributed by atoms with Crippen LogP contribution in [0.2, 0.25) is 0 Å². The van der Waals surface area contributed by atoms with Crippen molar-refractivity contribution in [2.24, 2.45) is 11.8 Å². The summed E-state index contributed by atoms with van der Waals surface area (Å²) in [5.41, 5.74) is 1.95. The lowest BCUT2D eigenvalue weighted by Crippen LogP contribution is -2.50. The van der Waals surface area contributed by atoms with Gasteiger partial charge in [0, 0.05) is 11.8 Å². The lowest BCUT2D eigenvalue weighted by Gasteiger charge is -2.40. The van der Waals surface area contributed by atoms with Gasteiger partial charge >= 0.3 is 0 Å². The van der Waals surface area contributed by atoms with E-state index >= 15 is 0 Å². The predicted octanol–water partition coefficient (Wildman–Crippen LogP) is 8.09. The van der Waals surface area contributed by atoms with E-state index in [-0.39, 0.29) is 11.8 Å². The third kappa shape index (κ3) is 11.2. The second-order valence-corrected chi connectivity index (χ2v) is 15.1. The summed E-state index contributed by atoms with van der Waals surface area (Å²) >= 11 is 0. The lowest BCUT2D eigenvalue weighted by atomic mass is 9.83. The zero-order valence-corrected chi connectivity index (χ0v) is 29.7. The summed E-state index contributed by atoms with van der Waals surface area (Å²) < 4.78 is 13.7. The van der Waals surface area contributed by atoms with Gasteiger partial charge in [-0.05, 0) is 112 Å². The molecule has 2 aromatic carbocycles. The Morgan fingerprint density at radius 2 is 0.870 bits per heavy atom. The third-order valence-electron chi connectivity index (χ3n) is 10.8. The quantitative estimate of drug-likeness (QED) is 0.172. The van der Waals surface area contributed by atoms with Crippen molar-refractivity contribution in [1.29, 1.82) is 0 Å². The molecule has 2 fully saturated rings. The van der Waals surface area contributed by atoms with Crippen molar-refractivity contribution in [3.05, 3.63) is 59.7 Å². The van der Waals surface area contributed by atoms with Crippen LogP contribution in [0, 0.1) is 11.8 Å². The number of aliphatic hydroxyl groups excluding tert-OH is 2. The highest BCUT2D eigenvalue weighted by Crippen LogP contribution is 2.36. The van der Waals surface area contributed by atoms with Gasteiger partial charge in [0.15, 0.2) is 0 Å². The first-order valence-electron chi connectivity index (χ1n) is 18.7. The molecule has 0 unspecified atom stereocenters. The van der Waals surface area contributed by atoms with Gasteiger partial charge in [0.2, 0.25) is 0 Å². The third-order valence-corrected chi connectivity index (χ3v) is 10.8. The molecule has 2 aliphatic heterocycles. The minimum atomic E-state index is -0.547. The predicted molar refractivity (Wildman–Crippen MR) is 189 cm³/mol. The largest absolute Gasteiger partial charge is 0.494 e. The molecule has 2 N–H and O–H groups in total. The Hall–Kier alpha value is -2.12. The minimum absolute atomic E-state index is 0.111. The molecule has 2 aliphatic rings. The van der Waals surface area contributed by atoms with Crippen molar-refractivity contribution < 1.29 is 28.7 Å². The summed E-state index contributed by atoms with van der Waals surface area (Å²) in [4.78, 5) is 0. The van der Waals surface area contributed by atoms with Crippen molar-refractivity contribution in [2.75, 3.05) is 66.6 Å². The molecule has 0 aliphatic carbocycles. The second kappa shape index (κ2) is 18.4. The molecule has 4 atom stereocenters. The zero-order valence-electron chi connectivity index (χ0n) is 29.7. The summed E-state index contributed by atoms with van der Waals surface area (Å²) in [5, 5.41) is 24.0. The molecule has 6 nitrogen and oxygen atoms in total. The average Bonchev–Trinajstić information content (AvgIpc) is 3.43. The van der Waals surface area contributed by atoms with Gasteiger partial charge in [-0.2, -0.15) is 0 Å². The Morgan fingerprint density at radius 1 is 0.543 bits per heavy atom. The first-order valence-corrected chi connectivity index (χ1v) is 18.7. The SMILES string of the molecule is CCCOc1ccc([C@H](O)[C@H](CC[C@H](C[N+]2(C)CCCCCC2)[C@@H](O)c2ccc(OCCC)cc2)C[N+]2(C)CCCCCC2)cc1. The molecule has 0 spiro atoms. The first-order chi connectivity index (χ1) is 22.2. The van der Waals surface area contributed by atoms with Crippen LogP contribution >= 0.6 is 0 Å². The number of hydrogen-bond acceptors (Lipinski definition) is 4. The van der Waals surface area contributed by atoms with E-state index in [0.717, 1.165) is 70.4 Å². The van der Waals surface area contributed by atoms with Crippen molar-refractivity contribution in [3.8, 4) is 11.5 Å². The monoisotopic (exact) mass is 639 g/mol. The van der Waals surface area contributed by atoms with Crippen LogP contribution in [-0.2, 0) is 0 Å². The van der Waals surface area contributed by atoms with Crippen LogP contribution < -0.4 is 9.47 Å². The van der Waals surface area contributed by atoms with Crippen LogP contribution in [0.5, 0.6) is 11.5 Å². The average molecular weight is 639 g/mol. The van der Waals surface area contributed by atoms with E-state index in [1.54, 1.807) is 0 Å². The molecular formula is C40H66N2O4+2. The molecule has 0 saturated carbocycles. The van der Waals surface area contributed by atoms with Gasteiger partial charge in [-0.25, -0.2) is 0 Å². The van der Waals surface area contributed by atoms with Gasteiger partial charge in [0.05, 0.1) is 78.8 Å². The smallest absolute Gasteiger partial charge is 0.119 e. The van der Waals surface area contributed by atoms with Gasteiger partial charge in [-0.1, -0.05) is 38.1 Å². The van der Waals surface area contributed by atoms with Gasteiger partial charge in [0.1, 0.15) is 11.5 Å². The maximum Gasteiger partial charge on any atom is 0.119 e.